The van der Waals surface area contributed by atoms with Crippen LogP contribution in [0.3, 0.4) is 0 Å². The first-order valence-electron chi connectivity index (χ1n) is 5.00. The molecule has 0 radical (unpaired) electrons. The lowest BCUT2D eigenvalue weighted by Crippen LogP contribution is -2.32. The van der Waals surface area contributed by atoms with E-state index in [0.29, 0.717) is 0 Å². The summed E-state index contributed by atoms with van der Waals surface area (Å²) in [5.41, 5.74) is 1.79. The summed E-state index contributed by atoms with van der Waals surface area (Å²) in [5.74, 6) is 0.761. The van der Waals surface area contributed by atoms with Crippen molar-refractivity contribution in [2.75, 3.05) is 6.54 Å². The molecule has 5 heteroatoms. The Morgan fingerprint density at radius 2 is 2.47 bits per heavy atom. The van der Waals surface area contributed by atoms with Crippen molar-refractivity contribution in [3.8, 4) is 0 Å². The van der Waals surface area contributed by atoms with Crippen molar-refractivity contribution in [1.82, 2.24) is 19.9 Å². The summed E-state index contributed by atoms with van der Waals surface area (Å²) in [4.78, 5) is 8.55. The first kappa shape index (κ1) is 8.82. The summed E-state index contributed by atoms with van der Waals surface area (Å²) in [5, 5.41) is 13.7. The molecule has 3 heterocycles. The third-order valence-corrected chi connectivity index (χ3v) is 2.74. The third-order valence-electron chi connectivity index (χ3n) is 2.74. The maximum Gasteiger partial charge on any atom is 0.146 e. The molecule has 0 fully saturated rings. The van der Waals surface area contributed by atoms with Crippen molar-refractivity contribution in [2.45, 2.75) is 19.7 Å². The Labute approximate surface area is 86.8 Å². The molecule has 2 aromatic heterocycles. The molecule has 2 aromatic rings. The summed E-state index contributed by atoms with van der Waals surface area (Å²) in [7, 11) is 0. The van der Waals surface area contributed by atoms with Crippen molar-refractivity contribution < 1.29 is 5.11 Å². The molecule has 0 aliphatic carbocycles. The van der Waals surface area contributed by atoms with Crippen LogP contribution < -0.4 is 5.32 Å². The number of rotatable bonds is 0. The van der Waals surface area contributed by atoms with Crippen molar-refractivity contribution in [1.29, 1.82) is 0 Å². The third kappa shape index (κ3) is 1.24. The van der Waals surface area contributed by atoms with Crippen molar-refractivity contribution >= 4 is 11.0 Å². The monoisotopic (exact) mass is 204 g/mol. The normalized spacial score (nSPS) is 20.5. The number of hydrogen-bond acceptors (Lipinski definition) is 4. The quantitative estimate of drug-likeness (QED) is 0.649. The summed E-state index contributed by atoms with van der Waals surface area (Å²) in [6.07, 6.45) is 1.21. The van der Waals surface area contributed by atoms with E-state index in [1.54, 1.807) is 6.20 Å². The van der Waals surface area contributed by atoms with E-state index in [9.17, 15) is 5.11 Å². The first-order chi connectivity index (χ1) is 7.25. The molecular weight excluding hydrogens is 192 g/mol. The van der Waals surface area contributed by atoms with Gasteiger partial charge in [0.2, 0.25) is 0 Å². The Balaban J connectivity index is 2.31. The molecule has 0 amide bonds. The van der Waals surface area contributed by atoms with Crippen LogP contribution >= 0.6 is 0 Å². The van der Waals surface area contributed by atoms with E-state index in [0.717, 1.165) is 35.6 Å². The highest BCUT2D eigenvalue weighted by molar-refractivity contribution is 5.76. The second kappa shape index (κ2) is 3.01. The number of aromatic nitrogens is 3. The lowest BCUT2D eigenvalue weighted by atomic mass is 10.3. The number of aliphatic hydroxyl groups excluding tert-OH is 1. The molecular formula is C10H12N4O. The SMILES string of the molecule is Cc1ncc2cc3n(c2n1)CCNC3O. The van der Waals surface area contributed by atoms with Gasteiger partial charge in [-0.15, -0.1) is 0 Å². The fourth-order valence-corrected chi connectivity index (χ4v) is 2.02. The average Bonchev–Trinajstić information content (AvgIpc) is 2.58. The largest absolute Gasteiger partial charge is 0.373 e. The highest BCUT2D eigenvalue weighted by atomic mass is 16.3. The minimum atomic E-state index is -0.590. The van der Waals surface area contributed by atoms with Gasteiger partial charge < -0.3 is 9.67 Å². The fraction of sp³-hybridized carbons (Fsp3) is 0.400. The van der Waals surface area contributed by atoms with Crippen LogP contribution in [0.5, 0.6) is 0 Å². The maximum absolute atomic E-state index is 9.75. The molecule has 0 saturated carbocycles. The molecule has 0 spiro atoms. The highest BCUT2D eigenvalue weighted by Gasteiger charge is 2.20. The van der Waals surface area contributed by atoms with E-state index in [2.05, 4.69) is 15.3 Å². The van der Waals surface area contributed by atoms with E-state index in [1.165, 1.54) is 0 Å². The predicted octanol–water partition coefficient (Wildman–Crippen LogP) is 0.334. The first-order valence-corrected chi connectivity index (χ1v) is 5.00. The zero-order chi connectivity index (χ0) is 10.4. The molecule has 1 aliphatic rings. The molecule has 0 saturated heterocycles. The van der Waals surface area contributed by atoms with Gasteiger partial charge in [0.1, 0.15) is 17.7 Å². The van der Waals surface area contributed by atoms with Crippen LogP contribution in [0.15, 0.2) is 12.3 Å². The van der Waals surface area contributed by atoms with Gasteiger partial charge in [0.25, 0.3) is 0 Å². The molecule has 0 bridgehead atoms. The smallest absolute Gasteiger partial charge is 0.146 e. The second-order valence-corrected chi connectivity index (χ2v) is 3.77. The van der Waals surface area contributed by atoms with E-state index in [4.69, 9.17) is 0 Å². The van der Waals surface area contributed by atoms with Crippen molar-refractivity contribution in [2.24, 2.45) is 0 Å². The van der Waals surface area contributed by atoms with Crippen LogP contribution in [-0.4, -0.2) is 26.2 Å². The average molecular weight is 204 g/mol. The van der Waals surface area contributed by atoms with E-state index >= 15 is 0 Å². The summed E-state index contributed by atoms with van der Waals surface area (Å²) >= 11 is 0. The van der Waals surface area contributed by atoms with Gasteiger partial charge >= 0.3 is 0 Å². The second-order valence-electron chi connectivity index (χ2n) is 3.77. The number of aliphatic hydroxyl groups is 1. The van der Waals surface area contributed by atoms with Crippen LogP contribution in [0.4, 0.5) is 0 Å². The lowest BCUT2D eigenvalue weighted by molar-refractivity contribution is 0.116. The molecule has 1 unspecified atom stereocenters. The number of nitrogens with zero attached hydrogens (tertiary/aromatic N) is 3. The Bertz CT molecular complexity index is 519. The molecule has 0 aromatic carbocycles. The maximum atomic E-state index is 9.75. The Morgan fingerprint density at radius 3 is 3.33 bits per heavy atom. The highest BCUT2D eigenvalue weighted by Crippen LogP contribution is 2.23. The topological polar surface area (TPSA) is 63.0 Å². The Morgan fingerprint density at radius 1 is 1.60 bits per heavy atom. The number of aryl methyl sites for hydroxylation is 1. The molecule has 2 N–H and O–H groups in total. The molecule has 78 valence electrons. The van der Waals surface area contributed by atoms with Gasteiger partial charge in [0.05, 0.1) is 5.69 Å². The van der Waals surface area contributed by atoms with Gasteiger partial charge in [0.15, 0.2) is 0 Å². The molecule has 15 heavy (non-hydrogen) atoms. The van der Waals surface area contributed by atoms with Gasteiger partial charge in [-0.3, -0.25) is 5.32 Å². The summed E-state index contributed by atoms with van der Waals surface area (Å²) in [6, 6.07) is 1.94. The lowest BCUT2D eigenvalue weighted by Gasteiger charge is -2.21. The van der Waals surface area contributed by atoms with Crippen LogP contribution in [0.1, 0.15) is 17.7 Å². The van der Waals surface area contributed by atoms with Gasteiger partial charge in [-0.05, 0) is 13.0 Å². The minimum Gasteiger partial charge on any atom is -0.373 e. The molecule has 3 rings (SSSR count). The molecule has 5 nitrogen and oxygen atoms in total. The van der Waals surface area contributed by atoms with Crippen LogP contribution in [0, 0.1) is 6.92 Å². The number of hydrogen-bond donors (Lipinski definition) is 2. The van der Waals surface area contributed by atoms with E-state index < -0.39 is 6.23 Å². The van der Waals surface area contributed by atoms with Crippen molar-refractivity contribution in [3.05, 3.63) is 23.8 Å². The molecule has 1 aliphatic heterocycles. The Hall–Kier alpha value is -1.46. The summed E-state index contributed by atoms with van der Waals surface area (Å²) < 4.78 is 2.05. The van der Waals surface area contributed by atoms with Crippen LogP contribution in [0.2, 0.25) is 0 Å². The minimum absolute atomic E-state index is 0.590. The van der Waals surface area contributed by atoms with Crippen LogP contribution in [-0.2, 0) is 6.54 Å². The number of fused-ring (bicyclic) bond motifs is 3. The van der Waals surface area contributed by atoms with Crippen LogP contribution in [0.25, 0.3) is 11.0 Å². The van der Waals surface area contributed by atoms with Gasteiger partial charge in [0, 0.05) is 24.7 Å². The van der Waals surface area contributed by atoms with Gasteiger partial charge in [-0.2, -0.15) is 0 Å². The fourth-order valence-electron chi connectivity index (χ4n) is 2.02. The molecule has 1 atom stereocenters. The van der Waals surface area contributed by atoms with Crippen molar-refractivity contribution in [3.63, 3.8) is 0 Å². The predicted molar refractivity (Wildman–Crippen MR) is 55.2 cm³/mol. The standard InChI is InChI=1S/C10H12N4O/c1-6-12-5-7-4-8-10(15)11-2-3-14(8)9(7)13-6/h4-5,10-11,15H,2-3H2,1H3. The zero-order valence-corrected chi connectivity index (χ0v) is 8.44. The number of nitrogens with one attached hydrogen (secondary N) is 1. The van der Waals surface area contributed by atoms with Gasteiger partial charge in [-0.25, -0.2) is 9.97 Å². The van der Waals surface area contributed by atoms with Gasteiger partial charge in [-0.1, -0.05) is 0 Å². The zero-order valence-electron chi connectivity index (χ0n) is 8.44. The van der Waals surface area contributed by atoms with E-state index in [1.807, 2.05) is 17.6 Å². The summed E-state index contributed by atoms with van der Waals surface area (Å²) in [6.45, 7) is 3.48. The van der Waals surface area contributed by atoms with E-state index in [-0.39, 0.29) is 0 Å². The Kier molecular flexibility index (Phi) is 1.77.